The molecule has 21 heavy (non-hydrogen) atoms. The van der Waals surface area contributed by atoms with Gasteiger partial charge < -0.3 is 10.3 Å². The van der Waals surface area contributed by atoms with Crippen molar-refractivity contribution in [1.82, 2.24) is 14.6 Å². The van der Waals surface area contributed by atoms with E-state index in [2.05, 4.69) is 17.2 Å². The van der Waals surface area contributed by atoms with E-state index in [9.17, 15) is 8.42 Å². The first-order valence-corrected chi connectivity index (χ1v) is 9.43. The van der Waals surface area contributed by atoms with Crippen molar-refractivity contribution in [1.29, 1.82) is 0 Å². The van der Waals surface area contributed by atoms with Crippen molar-refractivity contribution < 1.29 is 8.42 Å². The minimum Gasteiger partial charge on any atom is -0.363 e. The van der Waals surface area contributed by atoms with Crippen LogP contribution in [0.1, 0.15) is 38.3 Å². The molecular formula is C15H25N3O2S. The minimum atomic E-state index is -3.32. The van der Waals surface area contributed by atoms with Crippen LogP contribution >= 0.6 is 0 Å². The molecule has 0 bridgehead atoms. The first-order valence-electron chi connectivity index (χ1n) is 7.99. The molecule has 2 N–H and O–H groups in total. The van der Waals surface area contributed by atoms with Crippen LogP contribution < -0.4 is 5.32 Å². The molecule has 3 rings (SSSR count). The predicted octanol–water partition coefficient (Wildman–Crippen LogP) is 1.93. The maximum absolute atomic E-state index is 12.7. The van der Waals surface area contributed by atoms with Gasteiger partial charge in [-0.3, -0.25) is 0 Å². The lowest BCUT2D eigenvalue weighted by Gasteiger charge is -2.16. The van der Waals surface area contributed by atoms with Gasteiger partial charge in [-0.15, -0.1) is 0 Å². The van der Waals surface area contributed by atoms with Crippen molar-refractivity contribution in [2.24, 2.45) is 11.8 Å². The Kier molecular flexibility index (Phi) is 4.38. The SMILES string of the molecule is CCCNCc1cc(S(=O)(=O)N2CC3CCCC3C2)c[nH]1. The molecule has 0 spiro atoms. The molecule has 1 aromatic rings. The summed E-state index contributed by atoms with van der Waals surface area (Å²) in [6.45, 7) is 5.16. The van der Waals surface area contributed by atoms with E-state index in [4.69, 9.17) is 0 Å². The van der Waals surface area contributed by atoms with E-state index in [1.54, 1.807) is 16.6 Å². The minimum absolute atomic E-state index is 0.413. The second-order valence-electron chi connectivity index (χ2n) is 6.31. The average molecular weight is 311 g/mol. The molecule has 2 aliphatic rings. The lowest BCUT2D eigenvalue weighted by atomic mass is 10.0. The fraction of sp³-hybridized carbons (Fsp3) is 0.733. The van der Waals surface area contributed by atoms with Crippen molar-refractivity contribution in [2.75, 3.05) is 19.6 Å². The van der Waals surface area contributed by atoms with Crippen LogP contribution in [-0.2, 0) is 16.6 Å². The van der Waals surface area contributed by atoms with Gasteiger partial charge in [0.15, 0.2) is 0 Å². The highest BCUT2D eigenvalue weighted by molar-refractivity contribution is 7.89. The van der Waals surface area contributed by atoms with Gasteiger partial charge in [0.1, 0.15) is 0 Å². The molecule has 6 heteroatoms. The summed E-state index contributed by atoms with van der Waals surface area (Å²) in [4.78, 5) is 3.49. The van der Waals surface area contributed by atoms with Crippen LogP contribution in [0.5, 0.6) is 0 Å². The Morgan fingerprint density at radius 1 is 1.33 bits per heavy atom. The third-order valence-electron chi connectivity index (χ3n) is 4.79. The Balaban J connectivity index is 1.67. The number of sulfonamides is 1. The zero-order valence-corrected chi connectivity index (χ0v) is 13.5. The Morgan fingerprint density at radius 3 is 2.71 bits per heavy atom. The number of aromatic nitrogens is 1. The Bertz CT molecular complexity index is 569. The number of H-pyrrole nitrogens is 1. The van der Waals surface area contributed by atoms with Gasteiger partial charge in [0, 0.05) is 31.5 Å². The molecule has 1 saturated heterocycles. The molecule has 1 aromatic heterocycles. The average Bonchev–Trinajstić information content (AvgIpc) is 3.14. The summed E-state index contributed by atoms with van der Waals surface area (Å²) in [5.74, 6) is 1.17. The van der Waals surface area contributed by atoms with E-state index in [0.717, 1.165) is 18.7 Å². The largest absolute Gasteiger partial charge is 0.363 e. The van der Waals surface area contributed by atoms with Gasteiger partial charge in [-0.05, 0) is 43.7 Å². The molecule has 1 saturated carbocycles. The first kappa shape index (κ1) is 15.1. The quantitative estimate of drug-likeness (QED) is 0.789. The smallest absolute Gasteiger partial charge is 0.244 e. The van der Waals surface area contributed by atoms with Gasteiger partial charge in [-0.25, -0.2) is 8.42 Å². The fourth-order valence-electron chi connectivity index (χ4n) is 3.61. The van der Waals surface area contributed by atoms with Gasteiger partial charge in [0.05, 0.1) is 4.90 Å². The lowest BCUT2D eigenvalue weighted by Crippen LogP contribution is -2.29. The zero-order valence-electron chi connectivity index (χ0n) is 12.6. The summed E-state index contributed by atoms with van der Waals surface area (Å²) >= 11 is 0. The predicted molar refractivity (Wildman–Crippen MR) is 82.4 cm³/mol. The number of fused-ring (bicyclic) bond motifs is 1. The van der Waals surface area contributed by atoms with Gasteiger partial charge in [-0.2, -0.15) is 4.31 Å². The van der Waals surface area contributed by atoms with Crippen LogP contribution in [0.2, 0.25) is 0 Å². The van der Waals surface area contributed by atoms with Gasteiger partial charge in [-0.1, -0.05) is 13.3 Å². The molecule has 0 radical (unpaired) electrons. The molecule has 0 amide bonds. The second kappa shape index (κ2) is 6.10. The van der Waals surface area contributed by atoms with Crippen molar-refractivity contribution in [3.05, 3.63) is 18.0 Å². The van der Waals surface area contributed by atoms with Crippen LogP contribution in [0, 0.1) is 11.8 Å². The summed E-state index contributed by atoms with van der Waals surface area (Å²) in [6, 6.07) is 1.77. The van der Waals surface area contributed by atoms with Crippen molar-refractivity contribution >= 4 is 10.0 Å². The normalized spacial score (nSPS) is 26.3. The molecule has 1 aliphatic heterocycles. The van der Waals surface area contributed by atoms with Gasteiger partial charge in [0.2, 0.25) is 10.0 Å². The maximum Gasteiger partial charge on any atom is 0.244 e. The standard InChI is InChI=1S/C15H25N3O2S/c1-2-6-16-8-14-7-15(9-17-14)21(19,20)18-10-12-4-3-5-13(12)11-18/h7,9,12-13,16-17H,2-6,8,10-11H2,1H3. The summed E-state index contributed by atoms with van der Waals surface area (Å²) in [7, 11) is -3.32. The van der Waals surface area contributed by atoms with E-state index in [0.29, 0.717) is 36.4 Å². The van der Waals surface area contributed by atoms with Crippen LogP contribution in [0.3, 0.4) is 0 Å². The molecule has 2 fully saturated rings. The van der Waals surface area contributed by atoms with Gasteiger partial charge in [0.25, 0.3) is 0 Å². The van der Waals surface area contributed by atoms with E-state index in [-0.39, 0.29) is 0 Å². The van der Waals surface area contributed by atoms with E-state index < -0.39 is 10.0 Å². The maximum atomic E-state index is 12.7. The van der Waals surface area contributed by atoms with E-state index in [1.807, 2.05) is 0 Å². The molecule has 118 valence electrons. The number of nitrogens with one attached hydrogen (secondary N) is 2. The van der Waals surface area contributed by atoms with Crippen molar-refractivity contribution in [2.45, 2.75) is 44.0 Å². The monoisotopic (exact) mass is 311 g/mol. The number of hydrogen-bond acceptors (Lipinski definition) is 3. The number of aromatic amines is 1. The Labute approximate surface area is 127 Å². The number of nitrogens with zero attached hydrogens (tertiary/aromatic N) is 1. The van der Waals surface area contributed by atoms with E-state index in [1.165, 1.54) is 19.3 Å². The molecule has 5 nitrogen and oxygen atoms in total. The van der Waals surface area contributed by atoms with Crippen LogP contribution in [-0.4, -0.2) is 37.3 Å². The molecule has 2 unspecified atom stereocenters. The highest BCUT2D eigenvalue weighted by Gasteiger charge is 2.41. The third kappa shape index (κ3) is 3.03. The molecule has 0 aromatic carbocycles. The molecule has 2 heterocycles. The van der Waals surface area contributed by atoms with Crippen LogP contribution in [0.15, 0.2) is 17.2 Å². The summed E-state index contributed by atoms with van der Waals surface area (Å²) in [5, 5.41) is 3.28. The highest BCUT2D eigenvalue weighted by Crippen LogP contribution is 2.39. The fourth-order valence-corrected chi connectivity index (χ4v) is 5.18. The first-order chi connectivity index (χ1) is 10.1. The lowest BCUT2D eigenvalue weighted by molar-refractivity contribution is 0.445. The van der Waals surface area contributed by atoms with Crippen molar-refractivity contribution in [3.63, 3.8) is 0 Å². The zero-order chi connectivity index (χ0) is 14.9. The summed E-state index contributed by atoms with van der Waals surface area (Å²) < 4.78 is 27.1. The molecule has 2 atom stereocenters. The second-order valence-corrected chi connectivity index (χ2v) is 8.25. The van der Waals surface area contributed by atoms with Crippen molar-refractivity contribution in [3.8, 4) is 0 Å². The summed E-state index contributed by atoms with van der Waals surface area (Å²) in [6.07, 6.45) is 6.35. The summed E-state index contributed by atoms with van der Waals surface area (Å²) in [5.41, 5.74) is 0.932. The van der Waals surface area contributed by atoms with E-state index >= 15 is 0 Å². The Hall–Kier alpha value is -0.850. The van der Waals surface area contributed by atoms with Crippen LogP contribution in [0.4, 0.5) is 0 Å². The van der Waals surface area contributed by atoms with Gasteiger partial charge >= 0.3 is 0 Å². The van der Waals surface area contributed by atoms with Crippen LogP contribution in [0.25, 0.3) is 0 Å². The Morgan fingerprint density at radius 2 is 2.05 bits per heavy atom. The number of hydrogen-bond donors (Lipinski definition) is 2. The number of rotatable bonds is 6. The topological polar surface area (TPSA) is 65.2 Å². The highest BCUT2D eigenvalue weighted by atomic mass is 32.2. The third-order valence-corrected chi connectivity index (χ3v) is 6.60. The molecular weight excluding hydrogens is 286 g/mol. The molecule has 1 aliphatic carbocycles.